The highest BCUT2D eigenvalue weighted by atomic mass is 16.5. The Morgan fingerprint density at radius 2 is 1.50 bits per heavy atom. The quantitative estimate of drug-likeness (QED) is 0.787. The average molecular weight is 274 g/mol. The van der Waals surface area contributed by atoms with E-state index in [2.05, 4.69) is 0 Å². The van der Waals surface area contributed by atoms with Gasteiger partial charge in [-0.15, -0.1) is 0 Å². The first-order valence-electron chi connectivity index (χ1n) is 6.46. The first-order chi connectivity index (χ1) is 9.78. The van der Waals surface area contributed by atoms with Crippen LogP contribution < -0.4 is 14.2 Å². The summed E-state index contributed by atoms with van der Waals surface area (Å²) in [5, 5.41) is 9.15. The highest BCUT2D eigenvalue weighted by molar-refractivity contribution is 5.32. The molecule has 0 radical (unpaired) electrons. The van der Waals surface area contributed by atoms with Gasteiger partial charge in [-0.2, -0.15) is 0 Å². The largest absolute Gasteiger partial charge is 0.508 e. The molecule has 0 aliphatic rings. The monoisotopic (exact) mass is 274 g/mol. The summed E-state index contributed by atoms with van der Waals surface area (Å²) in [6.07, 6.45) is 0.776. The Morgan fingerprint density at radius 1 is 0.850 bits per heavy atom. The van der Waals surface area contributed by atoms with Gasteiger partial charge in [-0.25, -0.2) is 0 Å². The maximum absolute atomic E-state index is 9.15. The molecular weight excluding hydrogens is 256 g/mol. The predicted molar refractivity (Wildman–Crippen MR) is 76.7 cm³/mol. The fourth-order valence-electron chi connectivity index (χ4n) is 1.67. The molecular formula is C16H18O4. The number of benzene rings is 2. The number of rotatable bonds is 7. The number of phenols is 1. The third-order valence-corrected chi connectivity index (χ3v) is 2.70. The first-order valence-corrected chi connectivity index (χ1v) is 6.46. The lowest BCUT2D eigenvalue weighted by Gasteiger charge is -2.09. The van der Waals surface area contributed by atoms with Crippen LogP contribution in [0.2, 0.25) is 0 Å². The van der Waals surface area contributed by atoms with E-state index in [1.807, 2.05) is 24.3 Å². The minimum Gasteiger partial charge on any atom is -0.508 e. The lowest BCUT2D eigenvalue weighted by molar-refractivity contribution is 0.246. The third kappa shape index (κ3) is 4.39. The highest BCUT2D eigenvalue weighted by Crippen LogP contribution is 2.19. The fraction of sp³-hybridized carbons (Fsp3) is 0.250. The lowest BCUT2D eigenvalue weighted by Crippen LogP contribution is -2.04. The number of hydrogen-bond donors (Lipinski definition) is 1. The van der Waals surface area contributed by atoms with E-state index in [1.54, 1.807) is 31.4 Å². The van der Waals surface area contributed by atoms with Crippen molar-refractivity contribution in [2.75, 3.05) is 20.3 Å². The molecule has 0 amide bonds. The van der Waals surface area contributed by atoms with Crippen LogP contribution in [-0.4, -0.2) is 25.4 Å². The molecule has 106 valence electrons. The van der Waals surface area contributed by atoms with Crippen LogP contribution in [0.5, 0.6) is 23.0 Å². The fourth-order valence-corrected chi connectivity index (χ4v) is 1.67. The van der Waals surface area contributed by atoms with E-state index in [-0.39, 0.29) is 5.75 Å². The van der Waals surface area contributed by atoms with Gasteiger partial charge in [0, 0.05) is 12.5 Å². The molecule has 2 rings (SSSR count). The minimum atomic E-state index is 0.235. The molecule has 0 saturated heterocycles. The van der Waals surface area contributed by atoms with Crippen molar-refractivity contribution >= 4 is 0 Å². The number of ether oxygens (including phenoxy) is 3. The Balaban J connectivity index is 1.67. The van der Waals surface area contributed by atoms with E-state index in [0.717, 1.165) is 23.7 Å². The topological polar surface area (TPSA) is 47.9 Å². The SMILES string of the molecule is COc1cccc(OCCCOc2ccc(O)cc2)c1. The summed E-state index contributed by atoms with van der Waals surface area (Å²) in [6, 6.07) is 14.2. The van der Waals surface area contributed by atoms with E-state index in [9.17, 15) is 0 Å². The first kappa shape index (κ1) is 14.1. The molecule has 0 aromatic heterocycles. The second-order valence-corrected chi connectivity index (χ2v) is 4.22. The zero-order valence-electron chi connectivity index (χ0n) is 11.4. The van der Waals surface area contributed by atoms with Gasteiger partial charge in [0.05, 0.1) is 20.3 Å². The van der Waals surface area contributed by atoms with Crippen molar-refractivity contribution in [3.63, 3.8) is 0 Å². The van der Waals surface area contributed by atoms with Gasteiger partial charge in [0.1, 0.15) is 23.0 Å². The van der Waals surface area contributed by atoms with Crippen molar-refractivity contribution in [3.05, 3.63) is 48.5 Å². The minimum absolute atomic E-state index is 0.235. The molecule has 2 aromatic rings. The van der Waals surface area contributed by atoms with Crippen molar-refractivity contribution < 1.29 is 19.3 Å². The zero-order chi connectivity index (χ0) is 14.2. The summed E-state index contributed by atoms with van der Waals surface area (Å²) in [5.41, 5.74) is 0. The van der Waals surface area contributed by atoms with Crippen molar-refractivity contribution in [1.29, 1.82) is 0 Å². The van der Waals surface area contributed by atoms with Gasteiger partial charge in [-0.3, -0.25) is 0 Å². The molecule has 0 heterocycles. The second kappa shape index (κ2) is 7.28. The maximum Gasteiger partial charge on any atom is 0.122 e. The van der Waals surface area contributed by atoms with Crippen molar-refractivity contribution in [2.45, 2.75) is 6.42 Å². The van der Waals surface area contributed by atoms with Gasteiger partial charge in [0.2, 0.25) is 0 Å². The normalized spacial score (nSPS) is 10.1. The van der Waals surface area contributed by atoms with Gasteiger partial charge < -0.3 is 19.3 Å². The Labute approximate surface area is 118 Å². The molecule has 20 heavy (non-hydrogen) atoms. The Kier molecular flexibility index (Phi) is 5.12. The average Bonchev–Trinajstić information content (AvgIpc) is 2.49. The molecule has 0 aliphatic heterocycles. The molecule has 0 fully saturated rings. The maximum atomic E-state index is 9.15. The Hall–Kier alpha value is -2.36. The number of aromatic hydroxyl groups is 1. The summed E-state index contributed by atoms with van der Waals surface area (Å²) in [4.78, 5) is 0. The van der Waals surface area contributed by atoms with E-state index >= 15 is 0 Å². The zero-order valence-corrected chi connectivity index (χ0v) is 11.4. The highest BCUT2D eigenvalue weighted by Gasteiger charge is 1.98. The Morgan fingerprint density at radius 3 is 2.20 bits per heavy atom. The lowest BCUT2D eigenvalue weighted by atomic mass is 10.3. The molecule has 0 atom stereocenters. The van der Waals surface area contributed by atoms with Gasteiger partial charge in [0.15, 0.2) is 0 Å². The van der Waals surface area contributed by atoms with Crippen LogP contribution in [0.4, 0.5) is 0 Å². The number of phenolic OH excluding ortho intramolecular Hbond substituents is 1. The van der Waals surface area contributed by atoms with Crippen LogP contribution in [0.15, 0.2) is 48.5 Å². The number of hydrogen-bond acceptors (Lipinski definition) is 4. The molecule has 0 spiro atoms. The van der Waals surface area contributed by atoms with Gasteiger partial charge >= 0.3 is 0 Å². The van der Waals surface area contributed by atoms with Crippen molar-refractivity contribution in [3.8, 4) is 23.0 Å². The predicted octanol–water partition coefficient (Wildman–Crippen LogP) is 3.25. The van der Waals surface area contributed by atoms with E-state index in [0.29, 0.717) is 13.2 Å². The van der Waals surface area contributed by atoms with Gasteiger partial charge in [-0.05, 0) is 36.4 Å². The van der Waals surface area contributed by atoms with Crippen LogP contribution >= 0.6 is 0 Å². The summed E-state index contributed by atoms with van der Waals surface area (Å²) in [6.45, 7) is 1.14. The van der Waals surface area contributed by atoms with Crippen LogP contribution in [0, 0.1) is 0 Å². The van der Waals surface area contributed by atoms with E-state index < -0.39 is 0 Å². The molecule has 0 aliphatic carbocycles. The summed E-state index contributed by atoms with van der Waals surface area (Å²) in [5.74, 6) is 2.54. The van der Waals surface area contributed by atoms with E-state index in [4.69, 9.17) is 19.3 Å². The summed E-state index contributed by atoms with van der Waals surface area (Å²) >= 11 is 0. The van der Waals surface area contributed by atoms with Gasteiger partial charge in [0.25, 0.3) is 0 Å². The van der Waals surface area contributed by atoms with E-state index in [1.165, 1.54) is 0 Å². The third-order valence-electron chi connectivity index (χ3n) is 2.70. The van der Waals surface area contributed by atoms with Gasteiger partial charge in [-0.1, -0.05) is 6.07 Å². The van der Waals surface area contributed by atoms with Crippen molar-refractivity contribution in [1.82, 2.24) is 0 Å². The molecule has 4 nitrogen and oxygen atoms in total. The van der Waals surface area contributed by atoms with Crippen LogP contribution in [0.3, 0.4) is 0 Å². The molecule has 0 bridgehead atoms. The summed E-state index contributed by atoms with van der Waals surface area (Å²) < 4.78 is 16.3. The van der Waals surface area contributed by atoms with Crippen LogP contribution in [0.25, 0.3) is 0 Å². The standard InChI is InChI=1S/C16H18O4/c1-18-15-4-2-5-16(12-15)20-11-3-10-19-14-8-6-13(17)7-9-14/h2,4-9,12,17H,3,10-11H2,1H3. The molecule has 4 heteroatoms. The molecule has 0 unspecified atom stereocenters. The number of methoxy groups -OCH3 is 1. The summed E-state index contributed by atoms with van der Waals surface area (Å²) in [7, 11) is 1.63. The second-order valence-electron chi connectivity index (χ2n) is 4.22. The smallest absolute Gasteiger partial charge is 0.122 e. The molecule has 2 aromatic carbocycles. The Bertz CT molecular complexity index is 522. The molecule has 1 N–H and O–H groups in total. The van der Waals surface area contributed by atoms with Crippen molar-refractivity contribution in [2.24, 2.45) is 0 Å². The van der Waals surface area contributed by atoms with Crippen LogP contribution in [-0.2, 0) is 0 Å². The molecule has 0 saturated carbocycles. The van der Waals surface area contributed by atoms with Crippen LogP contribution in [0.1, 0.15) is 6.42 Å².